The number of hydrogen-bond acceptors (Lipinski definition) is 2. The number of aromatic nitrogens is 2. The highest BCUT2D eigenvalue weighted by Crippen LogP contribution is 2.23. The second kappa shape index (κ2) is 4.83. The van der Waals surface area contributed by atoms with Crippen LogP contribution in [-0.2, 0) is 4.79 Å². The van der Waals surface area contributed by atoms with Crippen LogP contribution in [0.15, 0.2) is 36.0 Å². The van der Waals surface area contributed by atoms with E-state index in [1.807, 2.05) is 0 Å². The third-order valence-electron chi connectivity index (χ3n) is 2.51. The zero-order chi connectivity index (χ0) is 13.1. The van der Waals surface area contributed by atoms with E-state index in [2.05, 4.69) is 10.2 Å². The van der Waals surface area contributed by atoms with Crippen LogP contribution in [0.1, 0.15) is 12.5 Å². The summed E-state index contributed by atoms with van der Waals surface area (Å²) in [7, 11) is 0. The molecule has 1 aromatic heterocycles. The van der Waals surface area contributed by atoms with Gasteiger partial charge in [0.1, 0.15) is 5.82 Å². The molecule has 0 aliphatic rings. The van der Waals surface area contributed by atoms with Gasteiger partial charge in [0, 0.05) is 16.7 Å². The molecular weight excluding hydrogens is 235 g/mol. The van der Waals surface area contributed by atoms with Gasteiger partial charge in [-0.1, -0.05) is 0 Å². The first-order valence-electron chi connectivity index (χ1n) is 5.29. The van der Waals surface area contributed by atoms with E-state index < -0.39 is 5.97 Å². The van der Waals surface area contributed by atoms with Crippen LogP contribution in [0, 0.1) is 5.82 Å². The standard InChI is InChI=1S/C13H11FN2O2/c1-8(13(17)18)6-10-7-15-16-12(10)9-2-4-11(14)5-3-9/h2-7H,1H3,(H,15,16)(H,17,18)/b8-6+. The molecule has 0 unspecified atom stereocenters. The number of benzene rings is 1. The maximum absolute atomic E-state index is 12.8. The fraction of sp³-hybridized carbons (Fsp3) is 0.0769. The Hall–Kier alpha value is -2.43. The summed E-state index contributed by atoms with van der Waals surface area (Å²) < 4.78 is 12.8. The first kappa shape index (κ1) is 12.0. The molecule has 0 amide bonds. The zero-order valence-corrected chi connectivity index (χ0v) is 9.64. The summed E-state index contributed by atoms with van der Waals surface area (Å²) in [5.41, 5.74) is 2.27. The summed E-state index contributed by atoms with van der Waals surface area (Å²) in [6, 6.07) is 5.90. The monoisotopic (exact) mass is 246 g/mol. The summed E-state index contributed by atoms with van der Waals surface area (Å²) >= 11 is 0. The number of aliphatic carboxylic acids is 1. The number of hydrogen-bond donors (Lipinski definition) is 2. The molecular formula is C13H11FN2O2. The van der Waals surface area contributed by atoms with Gasteiger partial charge in [0.05, 0.1) is 11.9 Å². The number of halogens is 1. The summed E-state index contributed by atoms with van der Waals surface area (Å²) in [5.74, 6) is -1.31. The largest absolute Gasteiger partial charge is 0.478 e. The SMILES string of the molecule is C/C(=C\c1cn[nH]c1-c1ccc(F)cc1)C(=O)O. The van der Waals surface area contributed by atoms with E-state index in [1.165, 1.54) is 31.3 Å². The van der Waals surface area contributed by atoms with Crippen molar-refractivity contribution in [1.82, 2.24) is 10.2 Å². The Morgan fingerprint density at radius 3 is 2.67 bits per heavy atom. The quantitative estimate of drug-likeness (QED) is 0.818. The van der Waals surface area contributed by atoms with Crippen LogP contribution in [0.25, 0.3) is 17.3 Å². The maximum Gasteiger partial charge on any atom is 0.331 e. The smallest absolute Gasteiger partial charge is 0.331 e. The van der Waals surface area contributed by atoms with Gasteiger partial charge in [0.25, 0.3) is 0 Å². The Labute approximate surface area is 103 Å². The summed E-state index contributed by atoms with van der Waals surface area (Å²) in [5, 5.41) is 15.5. The van der Waals surface area contributed by atoms with Gasteiger partial charge in [-0.25, -0.2) is 9.18 Å². The molecule has 0 bridgehead atoms. The van der Waals surface area contributed by atoms with E-state index in [4.69, 9.17) is 5.11 Å². The zero-order valence-electron chi connectivity index (χ0n) is 9.64. The number of carboxylic acids is 1. The fourth-order valence-electron chi connectivity index (χ4n) is 1.55. The topological polar surface area (TPSA) is 66.0 Å². The highest BCUT2D eigenvalue weighted by Gasteiger charge is 2.08. The lowest BCUT2D eigenvalue weighted by atomic mass is 10.1. The highest BCUT2D eigenvalue weighted by atomic mass is 19.1. The molecule has 2 aromatic rings. The first-order valence-corrected chi connectivity index (χ1v) is 5.29. The number of carbonyl (C=O) groups is 1. The van der Waals surface area contributed by atoms with Gasteiger partial charge >= 0.3 is 5.97 Å². The van der Waals surface area contributed by atoms with Crippen molar-refractivity contribution < 1.29 is 14.3 Å². The lowest BCUT2D eigenvalue weighted by Gasteiger charge is -2.00. The number of aromatic amines is 1. The third-order valence-corrected chi connectivity index (χ3v) is 2.51. The van der Waals surface area contributed by atoms with Crippen LogP contribution in [0.2, 0.25) is 0 Å². The van der Waals surface area contributed by atoms with Crippen molar-refractivity contribution in [3.8, 4) is 11.3 Å². The lowest BCUT2D eigenvalue weighted by molar-refractivity contribution is -0.132. The van der Waals surface area contributed by atoms with Crippen molar-refractivity contribution in [2.45, 2.75) is 6.92 Å². The van der Waals surface area contributed by atoms with Crippen LogP contribution in [0.4, 0.5) is 4.39 Å². The average molecular weight is 246 g/mol. The van der Waals surface area contributed by atoms with Crippen LogP contribution in [0.5, 0.6) is 0 Å². The van der Waals surface area contributed by atoms with Gasteiger partial charge < -0.3 is 5.11 Å². The molecule has 2 rings (SSSR count). The summed E-state index contributed by atoms with van der Waals surface area (Å²) in [4.78, 5) is 10.8. The highest BCUT2D eigenvalue weighted by molar-refractivity contribution is 5.92. The Morgan fingerprint density at radius 1 is 1.39 bits per heavy atom. The molecule has 0 spiro atoms. The molecule has 0 aliphatic heterocycles. The molecule has 92 valence electrons. The third kappa shape index (κ3) is 2.45. The molecule has 0 saturated heterocycles. The van der Waals surface area contributed by atoms with Gasteiger partial charge in [-0.3, -0.25) is 5.10 Å². The molecule has 0 fully saturated rings. The van der Waals surface area contributed by atoms with E-state index in [1.54, 1.807) is 12.1 Å². The average Bonchev–Trinajstić information content (AvgIpc) is 2.78. The Balaban J connectivity index is 2.42. The number of nitrogens with one attached hydrogen (secondary N) is 1. The van der Waals surface area contributed by atoms with Gasteiger partial charge in [-0.05, 0) is 37.3 Å². The normalized spacial score (nSPS) is 11.6. The Morgan fingerprint density at radius 2 is 2.06 bits per heavy atom. The van der Waals surface area contributed by atoms with E-state index in [0.717, 1.165) is 5.56 Å². The minimum atomic E-state index is -0.985. The molecule has 4 nitrogen and oxygen atoms in total. The fourth-order valence-corrected chi connectivity index (χ4v) is 1.55. The minimum absolute atomic E-state index is 0.208. The van der Waals surface area contributed by atoms with Crippen molar-refractivity contribution in [2.24, 2.45) is 0 Å². The number of carboxylic acid groups (broad SMARTS) is 1. The number of nitrogens with zero attached hydrogens (tertiary/aromatic N) is 1. The van der Waals surface area contributed by atoms with E-state index in [-0.39, 0.29) is 11.4 Å². The molecule has 0 atom stereocenters. The van der Waals surface area contributed by atoms with Crippen LogP contribution < -0.4 is 0 Å². The van der Waals surface area contributed by atoms with Crippen molar-refractivity contribution in [3.05, 3.63) is 47.4 Å². The van der Waals surface area contributed by atoms with Crippen LogP contribution in [-0.4, -0.2) is 21.3 Å². The molecule has 0 aliphatic carbocycles. The van der Waals surface area contributed by atoms with E-state index in [0.29, 0.717) is 11.3 Å². The molecule has 5 heteroatoms. The molecule has 2 N–H and O–H groups in total. The lowest BCUT2D eigenvalue weighted by Crippen LogP contribution is -1.95. The number of H-pyrrole nitrogens is 1. The van der Waals surface area contributed by atoms with E-state index >= 15 is 0 Å². The Bertz CT molecular complexity index is 600. The molecule has 1 aromatic carbocycles. The van der Waals surface area contributed by atoms with Gasteiger partial charge in [0.2, 0.25) is 0 Å². The Kier molecular flexibility index (Phi) is 3.23. The summed E-state index contributed by atoms with van der Waals surface area (Å²) in [6.07, 6.45) is 3.05. The number of rotatable bonds is 3. The van der Waals surface area contributed by atoms with Crippen molar-refractivity contribution in [1.29, 1.82) is 0 Å². The summed E-state index contributed by atoms with van der Waals surface area (Å²) in [6.45, 7) is 1.50. The first-order chi connectivity index (χ1) is 8.58. The van der Waals surface area contributed by atoms with Crippen LogP contribution in [0.3, 0.4) is 0 Å². The van der Waals surface area contributed by atoms with E-state index in [9.17, 15) is 9.18 Å². The van der Waals surface area contributed by atoms with Crippen molar-refractivity contribution in [2.75, 3.05) is 0 Å². The minimum Gasteiger partial charge on any atom is -0.478 e. The molecule has 18 heavy (non-hydrogen) atoms. The van der Waals surface area contributed by atoms with Crippen LogP contribution >= 0.6 is 0 Å². The van der Waals surface area contributed by atoms with Gasteiger partial charge in [0.15, 0.2) is 0 Å². The molecule has 0 radical (unpaired) electrons. The molecule has 1 heterocycles. The predicted octanol–water partition coefficient (Wildman–Crippen LogP) is 2.70. The van der Waals surface area contributed by atoms with Crippen molar-refractivity contribution >= 4 is 12.0 Å². The second-order valence-corrected chi connectivity index (χ2v) is 3.84. The maximum atomic E-state index is 12.8. The van der Waals surface area contributed by atoms with Gasteiger partial charge in [-0.15, -0.1) is 0 Å². The predicted molar refractivity (Wildman–Crippen MR) is 65.3 cm³/mol. The van der Waals surface area contributed by atoms with Crippen molar-refractivity contribution in [3.63, 3.8) is 0 Å². The van der Waals surface area contributed by atoms with Gasteiger partial charge in [-0.2, -0.15) is 5.10 Å². The second-order valence-electron chi connectivity index (χ2n) is 3.84. The molecule has 0 saturated carbocycles.